The molecular formula is C15H23N3O2S. The molecule has 5 nitrogen and oxygen atoms in total. The summed E-state index contributed by atoms with van der Waals surface area (Å²) in [6.07, 6.45) is 7.85. The molecule has 2 rings (SSSR count). The monoisotopic (exact) mass is 309 g/mol. The molecule has 116 valence electrons. The second-order valence-corrected chi connectivity index (χ2v) is 10.3. The third-order valence-electron chi connectivity index (χ3n) is 3.54. The van der Waals surface area contributed by atoms with E-state index < -0.39 is 10.3 Å². The first-order valence-electron chi connectivity index (χ1n) is 6.81. The molecule has 0 fully saturated rings. The Bertz CT molecular complexity index is 600. The molecule has 21 heavy (non-hydrogen) atoms. The molecule has 0 atom stereocenters. The van der Waals surface area contributed by atoms with Crippen LogP contribution in [0.15, 0.2) is 23.0 Å². The lowest BCUT2D eigenvalue weighted by Gasteiger charge is -2.43. The maximum atomic E-state index is 6.06. The van der Waals surface area contributed by atoms with Gasteiger partial charge >= 0.3 is 0 Å². The van der Waals surface area contributed by atoms with Crippen LogP contribution in [-0.4, -0.2) is 32.4 Å². The molecule has 0 saturated carbocycles. The summed E-state index contributed by atoms with van der Waals surface area (Å²) in [6, 6.07) is 1.84. The van der Waals surface area contributed by atoms with Crippen molar-refractivity contribution in [2.75, 3.05) is 12.5 Å². The van der Waals surface area contributed by atoms with Gasteiger partial charge in [-0.15, -0.1) is 10.3 Å². The first-order valence-corrected chi connectivity index (χ1v) is 9.18. The van der Waals surface area contributed by atoms with Gasteiger partial charge in [-0.3, -0.25) is 0 Å². The molecule has 0 aliphatic rings. The summed E-state index contributed by atoms with van der Waals surface area (Å²) in [4.78, 5) is 8.48. The van der Waals surface area contributed by atoms with E-state index in [0.717, 1.165) is 5.56 Å². The molecule has 0 aliphatic heterocycles. The van der Waals surface area contributed by atoms with Crippen molar-refractivity contribution >= 4 is 10.3 Å². The van der Waals surface area contributed by atoms with E-state index in [1.54, 1.807) is 12.4 Å². The van der Waals surface area contributed by atoms with Gasteiger partial charge in [-0.25, -0.2) is 9.97 Å². The van der Waals surface area contributed by atoms with E-state index in [1.807, 2.05) is 13.0 Å². The highest BCUT2D eigenvalue weighted by molar-refractivity contribution is 8.29. The summed E-state index contributed by atoms with van der Waals surface area (Å²) in [5, 5.41) is 4.01. The lowest BCUT2D eigenvalue weighted by Crippen LogP contribution is -2.24. The molecule has 0 spiro atoms. The van der Waals surface area contributed by atoms with Crippen molar-refractivity contribution in [3.63, 3.8) is 0 Å². The summed E-state index contributed by atoms with van der Waals surface area (Å²) in [5.41, 5.74) is 1.65. The third-order valence-corrected chi connectivity index (χ3v) is 7.20. The minimum atomic E-state index is -1.18. The molecule has 0 bridgehead atoms. The Morgan fingerprint density at radius 3 is 2.38 bits per heavy atom. The predicted octanol–water partition coefficient (Wildman–Crippen LogP) is 3.73. The van der Waals surface area contributed by atoms with E-state index in [0.29, 0.717) is 23.9 Å². The van der Waals surface area contributed by atoms with Gasteiger partial charge in [-0.1, -0.05) is 25.9 Å². The van der Waals surface area contributed by atoms with Gasteiger partial charge < -0.3 is 8.71 Å². The fourth-order valence-corrected chi connectivity index (χ4v) is 2.16. The van der Waals surface area contributed by atoms with Crippen LogP contribution in [0.4, 0.5) is 0 Å². The average Bonchev–Trinajstić information content (AvgIpc) is 2.85. The SMILES string of the molecule is Cc1cnc(-c2cc(COS(C)(C)C(C)(C)C)on2)nc1. The van der Waals surface area contributed by atoms with Crippen LogP contribution in [0.25, 0.3) is 11.5 Å². The zero-order valence-electron chi connectivity index (χ0n) is 13.5. The summed E-state index contributed by atoms with van der Waals surface area (Å²) < 4.78 is 11.5. The van der Waals surface area contributed by atoms with E-state index in [9.17, 15) is 0 Å². The normalized spacial score (nSPS) is 13.4. The maximum Gasteiger partial charge on any atom is 0.181 e. The summed E-state index contributed by atoms with van der Waals surface area (Å²) in [7, 11) is -1.18. The van der Waals surface area contributed by atoms with Crippen LogP contribution >= 0.6 is 10.3 Å². The molecule has 0 saturated heterocycles. The predicted molar refractivity (Wildman–Crippen MR) is 86.2 cm³/mol. The summed E-state index contributed by atoms with van der Waals surface area (Å²) in [6.45, 7) is 8.93. The standard InChI is InChI=1S/C15H23N3O2S/c1-11-8-16-14(17-9-11)13-7-12(20-18-13)10-19-21(5,6)15(2,3)4/h7-9H,10H2,1-6H3. The van der Waals surface area contributed by atoms with E-state index in [2.05, 4.69) is 48.4 Å². The summed E-state index contributed by atoms with van der Waals surface area (Å²) in [5.74, 6) is 1.26. The smallest absolute Gasteiger partial charge is 0.181 e. The second-order valence-electron chi connectivity index (χ2n) is 6.37. The van der Waals surface area contributed by atoms with Crippen molar-refractivity contribution in [3.8, 4) is 11.5 Å². The Morgan fingerprint density at radius 1 is 1.19 bits per heavy atom. The van der Waals surface area contributed by atoms with Gasteiger partial charge in [0, 0.05) is 23.2 Å². The Labute approximate surface area is 127 Å². The minimum Gasteiger partial charge on any atom is -0.358 e. The van der Waals surface area contributed by atoms with E-state index in [-0.39, 0.29) is 4.75 Å². The molecule has 2 aromatic heterocycles. The van der Waals surface area contributed by atoms with Crippen molar-refractivity contribution in [1.29, 1.82) is 0 Å². The highest BCUT2D eigenvalue weighted by Crippen LogP contribution is 2.54. The Morgan fingerprint density at radius 2 is 1.81 bits per heavy atom. The molecule has 0 amide bonds. The Balaban J connectivity index is 2.06. The molecule has 0 N–H and O–H groups in total. The van der Waals surface area contributed by atoms with Gasteiger partial charge in [0.1, 0.15) is 6.61 Å². The number of aromatic nitrogens is 3. The zero-order chi connectivity index (χ0) is 15.7. The largest absolute Gasteiger partial charge is 0.358 e. The quantitative estimate of drug-likeness (QED) is 0.861. The number of nitrogens with zero attached hydrogens (tertiary/aromatic N) is 3. The van der Waals surface area contributed by atoms with Gasteiger partial charge in [0.2, 0.25) is 0 Å². The third kappa shape index (κ3) is 3.83. The molecule has 6 heteroatoms. The Kier molecular flexibility index (Phi) is 4.39. The van der Waals surface area contributed by atoms with Crippen molar-refractivity contribution in [2.24, 2.45) is 0 Å². The number of aryl methyl sites for hydroxylation is 1. The van der Waals surface area contributed by atoms with Crippen LogP contribution in [0.2, 0.25) is 0 Å². The molecule has 2 aromatic rings. The highest BCUT2D eigenvalue weighted by Gasteiger charge is 2.29. The first-order chi connectivity index (χ1) is 9.69. The summed E-state index contributed by atoms with van der Waals surface area (Å²) >= 11 is 0. The number of rotatable bonds is 4. The molecule has 0 aliphatic carbocycles. The van der Waals surface area contributed by atoms with Crippen molar-refractivity contribution in [3.05, 3.63) is 29.8 Å². The zero-order valence-corrected chi connectivity index (χ0v) is 14.3. The maximum absolute atomic E-state index is 6.06. The van der Waals surface area contributed by atoms with Crippen LogP contribution < -0.4 is 0 Å². The van der Waals surface area contributed by atoms with Crippen LogP contribution in [0, 0.1) is 6.92 Å². The Hall–Kier alpha value is -1.40. The van der Waals surface area contributed by atoms with Crippen molar-refractivity contribution < 1.29 is 8.71 Å². The lowest BCUT2D eigenvalue weighted by molar-refractivity contribution is 0.269. The molecule has 2 heterocycles. The van der Waals surface area contributed by atoms with E-state index in [4.69, 9.17) is 8.71 Å². The number of hydrogen-bond acceptors (Lipinski definition) is 5. The molecule has 0 radical (unpaired) electrons. The first kappa shape index (κ1) is 16.0. The van der Waals surface area contributed by atoms with Gasteiger partial charge in [-0.05, 0) is 25.0 Å². The van der Waals surface area contributed by atoms with Crippen LogP contribution in [0.3, 0.4) is 0 Å². The van der Waals surface area contributed by atoms with Gasteiger partial charge in [0.05, 0.1) is 0 Å². The van der Waals surface area contributed by atoms with Crippen LogP contribution in [0.1, 0.15) is 32.1 Å². The fourth-order valence-electron chi connectivity index (χ4n) is 1.39. The van der Waals surface area contributed by atoms with Crippen molar-refractivity contribution in [2.45, 2.75) is 39.0 Å². The average molecular weight is 309 g/mol. The number of hydrogen-bond donors (Lipinski definition) is 0. The van der Waals surface area contributed by atoms with Gasteiger partial charge in [0.25, 0.3) is 0 Å². The molecular weight excluding hydrogens is 286 g/mol. The van der Waals surface area contributed by atoms with Gasteiger partial charge in [0.15, 0.2) is 17.3 Å². The topological polar surface area (TPSA) is 61.0 Å². The highest BCUT2D eigenvalue weighted by atomic mass is 32.3. The van der Waals surface area contributed by atoms with Gasteiger partial charge in [-0.2, -0.15) is 0 Å². The van der Waals surface area contributed by atoms with Crippen molar-refractivity contribution in [1.82, 2.24) is 15.1 Å². The fraction of sp³-hybridized carbons (Fsp3) is 0.533. The minimum absolute atomic E-state index is 0.121. The molecule has 0 aromatic carbocycles. The van der Waals surface area contributed by atoms with Crippen LogP contribution in [-0.2, 0) is 10.8 Å². The lowest BCUT2D eigenvalue weighted by atomic mass is 10.3. The molecule has 0 unspecified atom stereocenters. The van der Waals surface area contributed by atoms with Crippen LogP contribution in [0.5, 0.6) is 0 Å². The second kappa shape index (κ2) is 5.77. The van der Waals surface area contributed by atoms with E-state index >= 15 is 0 Å². The van der Waals surface area contributed by atoms with E-state index in [1.165, 1.54) is 0 Å².